The zero-order valence-corrected chi connectivity index (χ0v) is 12.9. The summed E-state index contributed by atoms with van der Waals surface area (Å²) in [4.78, 5) is 12.2. The maximum Gasteiger partial charge on any atom is 0.255 e. The summed E-state index contributed by atoms with van der Waals surface area (Å²) in [5.74, 6) is -0.372. The van der Waals surface area contributed by atoms with E-state index in [1.807, 2.05) is 13.8 Å². The molecule has 0 spiro atoms. The van der Waals surface area contributed by atoms with E-state index in [-0.39, 0.29) is 28.2 Å². The van der Waals surface area contributed by atoms with E-state index in [2.05, 4.69) is 26.1 Å². The minimum absolute atomic E-state index is 0.0616. The van der Waals surface area contributed by atoms with Gasteiger partial charge in [0.25, 0.3) is 5.91 Å². The monoisotopic (exact) mass is 283 g/mol. The number of rotatable bonds is 3. The van der Waals surface area contributed by atoms with Gasteiger partial charge in [0, 0.05) is 10.6 Å². The summed E-state index contributed by atoms with van der Waals surface area (Å²) in [5, 5.41) is 13.1. The molecule has 3 nitrogen and oxygen atoms in total. The van der Waals surface area contributed by atoms with E-state index in [9.17, 15) is 9.90 Å². The van der Waals surface area contributed by atoms with E-state index in [0.29, 0.717) is 5.02 Å². The van der Waals surface area contributed by atoms with Crippen LogP contribution in [0.2, 0.25) is 5.02 Å². The van der Waals surface area contributed by atoms with E-state index in [1.165, 1.54) is 12.1 Å². The molecule has 0 aromatic heterocycles. The number of phenolic OH excluding ortho intramolecular Hbond substituents is 1. The molecule has 0 heterocycles. The van der Waals surface area contributed by atoms with Crippen LogP contribution in [0.15, 0.2) is 18.2 Å². The zero-order chi connectivity index (χ0) is 14.8. The highest BCUT2D eigenvalue weighted by molar-refractivity contribution is 6.31. The van der Waals surface area contributed by atoms with Crippen molar-refractivity contribution in [3.8, 4) is 5.75 Å². The summed E-state index contributed by atoms with van der Waals surface area (Å²) in [5.41, 5.74) is -0.0495. The van der Waals surface area contributed by atoms with Crippen molar-refractivity contribution in [2.24, 2.45) is 5.41 Å². The van der Waals surface area contributed by atoms with Gasteiger partial charge in [0.1, 0.15) is 5.75 Å². The number of halogens is 1. The van der Waals surface area contributed by atoms with Gasteiger partial charge in [-0.1, -0.05) is 32.4 Å². The predicted molar refractivity (Wildman–Crippen MR) is 78.7 cm³/mol. The summed E-state index contributed by atoms with van der Waals surface area (Å²) in [7, 11) is 0. The third kappa shape index (κ3) is 5.11. The van der Waals surface area contributed by atoms with E-state index >= 15 is 0 Å². The van der Waals surface area contributed by atoms with Crippen LogP contribution in [0.4, 0.5) is 0 Å². The molecule has 0 saturated heterocycles. The number of carbonyl (C=O) groups is 1. The van der Waals surface area contributed by atoms with Gasteiger partial charge in [-0.25, -0.2) is 0 Å². The highest BCUT2D eigenvalue weighted by Gasteiger charge is 2.28. The summed E-state index contributed by atoms with van der Waals surface area (Å²) in [6.45, 7) is 10.3. The minimum Gasteiger partial charge on any atom is -0.507 e. The average Bonchev–Trinajstić information content (AvgIpc) is 2.16. The maximum absolute atomic E-state index is 12.2. The van der Waals surface area contributed by atoms with Crippen LogP contribution in [-0.2, 0) is 0 Å². The highest BCUT2D eigenvalue weighted by Crippen LogP contribution is 2.28. The van der Waals surface area contributed by atoms with Crippen molar-refractivity contribution in [1.82, 2.24) is 5.32 Å². The first kappa shape index (κ1) is 15.8. The lowest BCUT2D eigenvalue weighted by atomic mass is 9.81. The molecule has 1 aromatic rings. The van der Waals surface area contributed by atoms with Crippen molar-refractivity contribution in [1.29, 1.82) is 0 Å². The molecule has 19 heavy (non-hydrogen) atoms. The van der Waals surface area contributed by atoms with Crippen LogP contribution in [0.1, 0.15) is 51.4 Å². The van der Waals surface area contributed by atoms with E-state index < -0.39 is 0 Å². The first-order chi connectivity index (χ1) is 8.50. The normalized spacial score (nSPS) is 12.3. The van der Waals surface area contributed by atoms with Gasteiger partial charge in [0.2, 0.25) is 0 Å². The van der Waals surface area contributed by atoms with Gasteiger partial charge in [-0.3, -0.25) is 4.79 Å². The molecule has 0 aliphatic carbocycles. The van der Waals surface area contributed by atoms with Crippen LogP contribution in [0.5, 0.6) is 5.75 Å². The number of carbonyl (C=O) groups excluding carboxylic acids is 1. The van der Waals surface area contributed by atoms with Crippen LogP contribution < -0.4 is 5.32 Å². The third-order valence-corrected chi connectivity index (χ3v) is 2.86. The van der Waals surface area contributed by atoms with E-state index in [4.69, 9.17) is 11.6 Å². The first-order valence-electron chi connectivity index (χ1n) is 6.31. The van der Waals surface area contributed by atoms with Crippen LogP contribution in [0.3, 0.4) is 0 Å². The summed E-state index contributed by atoms with van der Waals surface area (Å²) in [6.07, 6.45) is 0.826. The first-order valence-corrected chi connectivity index (χ1v) is 6.69. The number of nitrogens with one attached hydrogen (secondary N) is 1. The molecular formula is C15H22ClNO2. The van der Waals surface area contributed by atoms with Gasteiger partial charge < -0.3 is 10.4 Å². The molecule has 0 bridgehead atoms. The van der Waals surface area contributed by atoms with Crippen LogP contribution in [0.25, 0.3) is 0 Å². The van der Waals surface area contributed by atoms with Gasteiger partial charge in [0.15, 0.2) is 0 Å². The molecule has 0 unspecified atom stereocenters. The molecule has 0 saturated carbocycles. The summed E-state index contributed by atoms with van der Waals surface area (Å²) >= 11 is 5.85. The Morgan fingerprint density at radius 1 is 1.26 bits per heavy atom. The fourth-order valence-corrected chi connectivity index (χ4v) is 2.61. The standard InChI is InChI=1S/C15H22ClNO2/c1-14(2,3)9-15(4,5)17-13(19)11-8-10(16)6-7-12(11)18/h6-8,18H,9H2,1-5H3,(H,17,19). The second-order valence-electron chi connectivity index (χ2n) is 6.74. The van der Waals surface area contributed by atoms with Crippen LogP contribution >= 0.6 is 11.6 Å². The number of phenols is 1. The molecule has 0 fully saturated rings. The van der Waals surface area contributed by atoms with Crippen LogP contribution in [0, 0.1) is 5.41 Å². The van der Waals surface area contributed by atoms with Crippen molar-refractivity contribution in [2.75, 3.05) is 0 Å². The highest BCUT2D eigenvalue weighted by atomic mass is 35.5. The fraction of sp³-hybridized carbons (Fsp3) is 0.533. The lowest BCUT2D eigenvalue weighted by Gasteiger charge is -2.33. The molecule has 4 heteroatoms. The number of aromatic hydroxyl groups is 1. The lowest BCUT2D eigenvalue weighted by molar-refractivity contribution is 0.0889. The molecule has 0 aliphatic rings. The van der Waals surface area contributed by atoms with Gasteiger partial charge in [0.05, 0.1) is 5.56 Å². The van der Waals surface area contributed by atoms with E-state index in [1.54, 1.807) is 6.07 Å². The van der Waals surface area contributed by atoms with Gasteiger partial charge in [-0.15, -0.1) is 0 Å². The number of amides is 1. The Bertz CT molecular complexity index is 476. The smallest absolute Gasteiger partial charge is 0.255 e. The molecule has 0 aliphatic heterocycles. The SMILES string of the molecule is CC(C)(C)CC(C)(C)NC(=O)c1cc(Cl)ccc1O. The largest absolute Gasteiger partial charge is 0.507 e. The van der Waals surface area contributed by atoms with Crippen molar-refractivity contribution < 1.29 is 9.90 Å². The molecule has 0 radical (unpaired) electrons. The topological polar surface area (TPSA) is 49.3 Å². The second-order valence-corrected chi connectivity index (χ2v) is 7.17. The molecule has 2 N–H and O–H groups in total. The molecule has 1 aromatic carbocycles. The maximum atomic E-state index is 12.2. The molecule has 1 amide bonds. The lowest BCUT2D eigenvalue weighted by Crippen LogP contribution is -2.45. The fourth-order valence-electron chi connectivity index (χ4n) is 2.43. The van der Waals surface area contributed by atoms with Crippen molar-refractivity contribution in [3.63, 3.8) is 0 Å². The van der Waals surface area contributed by atoms with Gasteiger partial charge in [-0.05, 0) is 43.9 Å². The second kappa shape index (κ2) is 5.41. The van der Waals surface area contributed by atoms with Crippen molar-refractivity contribution in [3.05, 3.63) is 28.8 Å². The van der Waals surface area contributed by atoms with Crippen LogP contribution in [-0.4, -0.2) is 16.6 Å². The summed E-state index contributed by atoms with van der Waals surface area (Å²) in [6, 6.07) is 4.45. The Labute approximate surface area is 120 Å². The summed E-state index contributed by atoms with van der Waals surface area (Å²) < 4.78 is 0. The predicted octanol–water partition coefficient (Wildman–Crippen LogP) is 3.99. The Kier molecular flexibility index (Phi) is 4.51. The van der Waals surface area contributed by atoms with E-state index in [0.717, 1.165) is 6.42 Å². The Morgan fingerprint density at radius 3 is 2.37 bits per heavy atom. The Hall–Kier alpha value is -1.22. The van der Waals surface area contributed by atoms with Crippen molar-refractivity contribution >= 4 is 17.5 Å². The Morgan fingerprint density at radius 2 is 1.84 bits per heavy atom. The number of benzene rings is 1. The zero-order valence-electron chi connectivity index (χ0n) is 12.2. The number of hydrogen-bond donors (Lipinski definition) is 2. The molecule has 0 atom stereocenters. The quantitative estimate of drug-likeness (QED) is 0.881. The Balaban J connectivity index is 2.87. The van der Waals surface area contributed by atoms with Gasteiger partial charge >= 0.3 is 0 Å². The number of hydrogen-bond acceptors (Lipinski definition) is 2. The van der Waals surface area contributed by atoms with Crippen molar-refractivity contribution in [2.45, 2.75) is 46.6 Å². The third-order valence-electron chi connectivity index (χ3n) is 2.63. The van der Waals surface area contributed by atoms with Gasteiger partial charge in [-0.2, -0.15) is 0 Å². The average molecular weight is 284 g/mol. The minimum atomic E-state index is -0.357. The molecular weight excluding hydrogens is 262 g/mol. The molecule has 1 rings (SSSR count). The molecule has 106 valence electrons.